The van der Waals surface area contributed by atoms with Crippen molar-refractivity contribution in [2.24, 2.45) is 0 Å². The Balaban J connectivity index is 1.84. The Kier molecular flexibility index (Phi) is 6.42. The van der Waals surface area contributed by atoms with E-state index in [1.54, 1.807) is 6.08 Å². The van der Waals surface area contributed by atoms with Gasteiger partial charge in [-0.25, -0.2) is 4.39 Å². The third kappa shape index (κ3) is 4.56. The average molecular weight is 420 g/mol. The zero-order chi connectivity index (χ0) is 20.3. The molecular weight excluding hydrogens is 401 g/mol. The maximum absolute atomic E-state index is 13.2. The Morgan fingerprint density at radius 2 is 2.00 bits per heavy atom. The highest BCUT2D eigenvalue weighted by Crippen LogP contribution is 2.35. The number of imide groups is 1. The standard InChI is InChI=1S/C21H19ClFNO3S/c1-3-13(2)27-18-7-5-4-6-14(18)10-19-20(25)24(21(26)28-19)12-15-8-9-16(23)11-17(15)22/h4-11,13H,3,12H2,1-2H3/b19-10-. The van der Waals surface area contributed by atoms with Gasteiger partial charge < -0.3 is 4.74 Å². The molecule has 1 heterocycles. The molecule has 7 heteroatoms. The molecule has 0 aromatic heterocycles. The van der Waals surface area contributed by atoms with Gasteiger partial charge in [-0.2, -0.15) is 0 Å². The largest absolute Gasteiger partial charge is 0.490 e. The number of halogens is 2. The van der Waals surface area contributed by atoms with Crippen molar-refractivity contribution in [3.05, 3.63) is 69.3 Å². The second kappa shape index (κ2) is 8.80. The molecule has 1 aliphatic rings. The molecule has 0 saturated carbocycles. The summed E-state index contributed by atoms with van der Waals surface area (Å²) in [7, 11) is 0. The molecule has 28 heavy (non-hydrogen) atoms. The fraction of sp³-hybridized carbons (Fsp3) is 0.238. The number of hydrogen-bond donors (Lipinski definition) is 0. The highest BCUT2D eigenvalue weighted by molar-refractivity contribution is 8.18. The molecule has 2 amide bonds. The van der Waals surface area contributed by atoms with Crippen molar-refractivity contribution in [3.63, 3.8) is 0 Å². The molecule has 0 radical (unpaired) electrons. The topological polar surface area (TPSA) is 46.6 Å². The molecular formula is C21H19ClFNO3S. The van der Waals surface area contributed by atoms with Crippen LogP contribution in [0.5, 0.6) is 5.75 Å². The van der Waals surface area contributed by atoms with Crippen molar-refractivity contribution in [2.75, 3.05) is 0 Å². The third-order valence-corrected chi connectivity index (χ3v) is 5.59. The summed E-state index contributed by atoms with van der Waals surface area (Å²) in [6, 6.07) is 11.3. The van der Waals surface area contributed by atoms with Gasteiger partial charge in [0, 0.05) is 10.6 Å². The summed E-state index contributed by atoms with van der Waals surface area (Å²) in [4.78, 5) is 26.5. The van der Waals surface area contributed by atoms with Crippen LogP contribution >= 0.6 is 23.4 Å². The summed E-state index contributed by atoms with van der Waals surface area (Å²) in [5.74, 6) is -0.223. The fourth-order valence-electron chi connectivity index (χ4n) is 2.60. The van der Waals surface area contributed by atoms with Gasteiger partial charge in [-0.15, -0.1) is 0 Å². The van der Waals surface area contributed by atoms with E-state index in [9.17, 15) is 14.0 Å². The molecule has 0 spiro atoms. The monoisotopic (exact) mass is 419 g/mol. The number of carbonyl (C=O) groups excluding carboxylic acids is 2. The second-order valence-corrected chi connectivity index (χ2v) is 7.78. The van der Waals surface area contributed by atoms with Gasteiger partial charge in [0.15, 0.2) is 0 Å². The Hall–Kier alpha value is -2.31. The van der Waals surface area contributed by atoms with Crippen LogP contribution in [0.2, 0.25) is 5.02 Å². The number of para-hydroxylation sites is 1. The van der Waals surface area contributed by atoms with Crippen molar-refractivity contribution in [1.82, 2.24) is 4.90 Å². The molecule has 1 saturated heterocycles. The Labute approximate surface area is 172 Å². The lowest BCUT2D eigenvalue weighted by Gasteiger charge is -2.15. The maximum atomic E-state index is 13.2. The Bertz CT molecular complexity index is 947. The normalized spacial score (nSPS) is 16.7. The predicted molar refractivity (Wildman–Crippen MR) is 110 cm³/mol. The fourth-order valence-corrected chi connectivity index (χ4v) is 3.66. The van der Waals surface area contributed by atoms with Gasteiger partial charge in [0.1, 0.15) is 11.6 Å². The smallest absolute Gasteiger partial charge is 0.293 e. The van der Waals surface area contributed by atoms with Gasteiger partial charge in [0.05, 0.1) is 17.6 Å². The summed E-state index contributed by atoms with van der Waals surface area (Å²) in [5, 5.41) is -0.215. The third-order valence-electron chi connectivity index (χ3n) is 4.33. The van der Waals surface area contributed by atoms with E-state index in [0.717, 1.165) is 34.7 Å². The van der Waals surface area contributed by atoms with Crippen LogP contribution in [0.4, 0.5) is 9.18 Å². The van der Waals surface area contributed by atoms with Crippen molar-refractivity contribution >= 4 is 40.6 Å². The van der Waals surface area contributed by atoms with E-state index >= 15 is 0 Å². The summed E-state index contributed by atoms with van der Waals surface area (Å²) in [6.07, 6.45) is 2.54. The van der Waals surface area contributed by atoms with E-state index in [-0.39, 0.29) is 17.7 Å². The van der Waals surface area contributed by atoms with Gasteiger partial charge in [0.25, 0.3) is 11.1 Å². The Morgan fingerprint density at radius 1 is 1.25 bits per heavy atom. The first-order valence-electron chi connectivity index (χ1n) is 8.84. The lowest BCUT2D eigenvalue weighted by molar-refractivity contribution is -0.123. The van der Waals surface area contributed by atoms with E-state index in [2.05, 4.69) is 0 Å². The van der Waals surface area contributed by atoms with Crippen LogP contribution in [0.15, 0.2) is 47.4 Å². The number of benzene rings is 2. The predicted octanol–water partition coefficient (Wildman–Crippen LogP) is 5.89. The molecule has 0 bridgehead atoms. The number of carbonyl (C=O) groups is 2. The number of thioether (sulfide) groups is 1. The second-order valence-electron chi connectivity index (χ2n) is 6.38. The number of rotatable bonds is 6. The molecule has 1 fully saturated rings. The van der Waals surface area contributed by atoms with Crippen LogP contribution in [0.3, 0.4) is 0 Å². The lowest BCUT2D eigenvalue weighted by Crippen LogP contribution is -2.27. The van der Waals surface area contributed by atoms with Crippen LogP contribution in [-0.2, 0) is 11.3 Å². The first kappa shape index (κ1) is 20.4. The average Bonchev–Trinajstić information content (AvgIpc) is 2.92. The highest BCUT2D eigenvalue weighted by Gasteiger charge is 2.35. The van der Waals surface area contributed by atoms with Gasteiger partial charge in [-0.3, -0.25) is 14.5 Å². The molecule has 0 N–H and O–H groups in total. The number of amides is 2. The van der Waals surface area contributed by atoms with Crippen LogP contribution in [-0.4, -0.2) is 22.2 Å². The highest BCUT2D eigenvalue weighted by atomic mass is 35.5. The molecule has 2 aromatic carbocycles. The SMILES string of the molecule is CCC(C)Oc1ccccc1/C=C1\SC(=O)N(Cc2ccc(F)cc2Cl)C1=O. The number of ether oxygens (including phenoxy) is 1. The lowest BCUT2D eigenvalue weighted by atomic mass is 10.1. The minimum absolute atomic E-state index is 0.00780. The van der Waals surface area contributed by atoms with Crippen molar-refractivity contribution in [2.45, 2.75) is 32.9 Å². The Morgan fingerprint density at radius 3 is 2.71 bits per heavy atom. The summed E-state index contributed by atoms with van der Waals surface area (Å²) in [6.45, 7) is 3.99. The van der Waals surface area contributed by atoms with E-state index < -0.39 is 17.0 Å². The summed E-state index contributed by atoms with van der Waals surface area (Å²) in [5.41, 5.74) is 1.24. The van der Waals surface area contributed by atoms with Gasteiger partial charge >= 0.3 is 0 Å². The van der Waals surface area contributed by atoms with E-state index in [1.807, 2.05) is 38.1 Å². The van der Waals surface area contributed by atoms with Crippen molar-refractivity contribution in [3.8, 4) is 5.75 Å². The molecule has 0 aliphatic carbocycles. The van der Waals surface area contributed by atoms with Crippen LogP contribution in [0.25, 0.3) is 6.08 Å². The van der Waals surface area contributed by atoms with Crippen LogP contribution in [0.1, 0.15) is 31.4 Å². The van der Waals surface area contributed by atoms with E-state index in [1.165, 1.54) is 12.1 Å². The maximum Gasteiger partial charge on any atom is 0.293 e. The first-order valence-corrected chi connectivity index (χ1v) is 10.0. The number of nitrogens with zero attached hydrogens (tertiary/aromatic N) is 1. The molecule has 146 valence electrons. The van der Waals surface area contributed by atoms with E-state index in [4.69, 9.17) is 16.3 Å². The molecule has 3 rings (SSSR count). The van der Waals surface area contributed by atoms with Crippen molar-refractivity contribution < 1.29 is 18.7 Å². The zero-order valence-corrected chi connectivity index (χ0v) is 17.0. The van der Waals surface area contributed by atoms with Crippen LogP contribution < -0.4 is 4.74 Å². The van der Waals surface area contributed by atoms with E-state index in [0.29, 0.717) is 16.2 Å². The summed E-state index contributed by atoms with van der Waals surface area (Å²) >= 11 is 6.89. The van der Waals surface area contributed by atoms with Gasteiger partial charge in [-0.05, 0) is 54.9 Å². The van der Waals surface area contributed by atoms with Crippen molar-refractivity contribution in [1.29, 1.82) is 0 Å². The first-order chi connectivity index (χ1) is 13.4. The van der Waals surface area contributed by atoms with Crippen LogP contribution in [0, 0.1) is 5.82 Å². The minimum atomic E-state index is -0.472. The molecule has 1 unspecified atom stereocenters. The van der Waals surface area contributed by atoms with Gasteiger partial charge in [0.2, 0.25) is 0 Å². The minimum Gasteiger partial charge on any atom is -0.490 e. The summed E-state index contributed by atoms with van der Waals surface area (Å²) < 4.78 is 19.1. The number of hydrogen-bond acceptors (Lipinski definition) is 4. The molecule has 2 aromatic rings. The molecule has 1 atom stereocenters. The molecule has 1 aliphatic heterocycles. The zero-order valence-electron chi connectivity index (χ0n) is 15.4. The van der Waals surface area contributed by atoms with Gasteiger partial charge in [-0.1, -0.05) is 42.8 Å². The molecule has 4 nitrogen and oxygen atoms in total. The quantitative estimate of drug-likeness (QED) is 0.547.